The van der Waals surface area contributed by atoms with Gasteiger partial charge in [-0.2, -0.15) is 0 Å². The first kappa shape index (κ1) is 19.9. The van der Waals surface area contributed by atoms with Gasteiger partial charge in [-0.3, -0.25) is 0 Å². The third-order valence-corrected chi connectivity index (χ3v) is 5.10. The quantitative estimate of drug-likeness (QED) is 0.607. The number of ether oxygens (including phenoxy) is 2. The predicted octanol–water partition coefficient (Wildman–Crippen LogP) is 2.10. The molecule has 3 rings (SSSR count). The van der Waals surface area contributed by atoms with Crippen molar-refractivity contribution in [2.75, 3.05) is 64.6 Å². The summed E-state index contributed by atoms with van der Waals surface area (Å²) in [7, 11) is 1.75. The van der Waals surface area contributed by atoms with E-state index in [0.717, 1.165) is 57.3 Å². The number of likely N-dealkylation sites (tertiary alicyclic amines) is 1. The predicted molar refractivity (Wildman–Crippen MR) is 106 cm³/mol. The van der Waals surface area contributed by atoms with Gasteiger partial charge >= 0.3 is 0 Å². The highest BCUT2D eigenvalue weighted by Gasteiger charge is 2.24. The summed E-state index contributed by atoms with van der Waals surface area (Å²) in [5.41, 5.74) is 1.53. The zero-order valence-corrected chi connectivity index (χ0v) is 16.4. The Balaban J connectivity index is 1.64. The van der Waals surface area contributed by atoms with E-state index in [9.17, 15) is 4.39 Å². The number of methoxy groups -OCH3 is 1. The van der Waals surface area contributed by atoms with E-state index in [-0.39, 0.29) is 5.82 Å². The Labute approximate surface area is 161 Å². The van der Waals surface area contributed by atoms with Crippen LogP contribution >= 0.6 is 0 Å². The van der Waals surface area contributed by atoms with Crippen molar-refractivity contribution in [2.24, 2.45) is 10.9 Å². The van der Waals surface area contributed by atoms with Crippen LogP contribution < -0.4 is 10.2 Å². The molecule has 0 aromatic heterocycles. The fraction of sp³-hybridized carbons (Fsp3) is 0.650. The maximum absolute atomic E-state index is 14.6. The van der Waals surface area contributed by atoms with Gasteiger partial charge < -0.3 is 24.6 Å². The summed E-state index contributed by atoms with van der Waals surface area (Å²) < 4.78 is 25.2. The van der Waals surface area contributed by atoms with Crippen molar-refractivity contribution < 1.29 is 13.9 Å². The van der Waals surface area contributed by atoms with Crippen LogP contribution in [0.3, 0.4) is 0 Å². The molecule has 2 aliphatic rings. The van der Waals surface area contributed by atoms with Gasteiger partial charge in [-0.05, 0) is 31.0 Å². The monoisotopic (exact) mass is 378 g/mol. The highest BCUT2D eigenvalue weighted by Crippen LogP contribution is 2.22. The summed E-state index contributed by atoms with van der Waals surface area (Å²) in [5.74, 6) is 1.26. The van der Waals surface area contributed by atoms with E-state index in [4.69, 9.17) is 14.5 Å². The number of guanidine groups is 1. The third-order valence-electron chi connectivity index (χ3n) is 5.10. The number of benzene rings is 1. The second-order valence-corrected chi connectivity index (χ2v) is 7.11. The summed E-state index contributed by atoms with van der Waals surface area (Å²) in [6.45, 7) is 8.82. The van der Waals surface area contributed by atoms with Gasteiger partial charge in [-0.25, -0.2) is 9.38 Å². The van der Waals surface area contributed by atoms with Gasteiger partial charge in [0.15, 0.2) is 5.96 Å². The number of morpholine rings is 1. The molecule has 0 spiro atoms. The number of aliphatic imine (C=N–C) groups is 1. The zero-order valence-electron chi connectivity index (χ0n) is 16.4. The van der Waals surface area contributed by atoms with Crippen molar-refractivity contribution in [3.05, 3.63) is 29.6 Å². The number of nitrogens with one attached hydrogen (secondary N) is 1. The number of hydrogen-bond donors (Lipinski definition) is 1. The molecule has 2 heterocycles. The van der Waals surface area contributed by atoms with Crippen LogP contribution in [-0.2, 0) is 16.0 Å². The zero-order chi connectivity index (χ0) is 19.1. The molecular formula is C20H31FN4O2. The third kappa shape index (κ3) is 5.32. The maximum atomic E-state index is 14.6. The van der Waals surface area contributed by atoms with Crippen molar-refractivity contribution in [1.82, 2.24) is 10.2 Å². The summed E-state index contributed by atoms with van der Waals surface area (Å²) in [6.07, 6.45) is 1.11. The van der Waals surface area contributed by atoms with Gasteiger partial charge in [-0.1, -0.05) is 6.07 Å². The lowest BCUT2D eigenvalue weighted by atomic mass is 10.1. The number of hydrogen-bond acceptors (Lipinski definition) is 4. The molecule has 0 amide bonds. The Morgan fingerprint density at radius 3 is 2.85 bits per heavy atom. The number of halogens is 1. The fourth-order valence-electron chi connectivity index (χ4n) is 3.70. The van der Waals surface area contributed by atoms with E-state index in [1.54, 1.807) is 13.2 Å². The molecule has 0 radical (unpaired) electrons. The molecule has 150 valence electrons. The fourth-order valence-corrected chi connectivity index (χ4v) is 3.70. The largest absolute Gasteiger partial charge is 0.384 e. The minimum absolute atomic E-state index is 0.184. The van der Waals surface area contributed by atoms with Gasteiger partial charge in [0, 0.05) is 45.8 Å². The molecule has 2 aliphatic heterocycles. The standard InChI is InChI=1S/C20H31FN4O2/c1-3-22-20(25-7-6-17(14-25)15-26-2)23-13-16-4-5-19(18(21)12-16)24-8-10-27-11-9-24/h4-5,12,17H,3,6-11,13-15H2,1-2H3,(H,22,23). The SMILES string of the molecule is CCNC(=NCc1ccc(N2CCOCC2)c(F)c1)N1CCC(COC)C1. The average molecular weight is 378 g/mol. The molecule has 7 heteroatoms. The first-order valence-corrected chi connectivity index (χ1v) is 9.84. The number of anilines is 1. The van der Waals surface area contributed by atoms with Crippen LogP contribution in [-0.4, -0.2) is 70.5 Å². The van der Waals surface area contributed by atoms with E-state index >= 15 is 0 Å². The normalized spacial score (nSPS) is 21.0. The first-order chi connectivity index (χ1) is 13.2. The molecule has 1 N–H and O–H groups in total. The van der Waals surface area contributed by atoms with Gasteiger partial charge in [0.2, 0.25) is 0 Å². The van der Waals surface area contributed by atoms with Crippen molar-refractivity contribution in [3.8, 4) is 0 Å². The molecule has 0 bridgehead atoms. The van der Waals surface area contributed by atoms with Gasteiger partial charge in [-0.15, -0.1) is 0 Å². The Hall–Kier alpha value is -1.86. The Kier molecular flexibility index (Phi) is 7.29. The topological polar surface area (TPSA) is 49.3 Å². The molecule has 2 fully saturated rings. The van der Waals surface area contributed by atoms with Gasteiger partial charge in [0.1, 0.15) is 5.82 Å². The highest BCUT2D eigenvalue weighted by molar-refractivity contribution is 5.80. The van der Waals surface area contributed by atoms with Crippen LogP contribution in [0.2, 0.25) is 0 Å². The van der Waals surface area contributed by atoms with Crippen molar-refractivity contribution >= 4 is 11.6 Å². The molecule has 6 nitrogen and oxygen atoms in total. The van der Waals surface area contributed by atoms with E-state index < -0.39 is 0 Å². The molecule has 0 aliphatic carbocycles. The number of rotatable bonds is 6. The Bertz CT molecular complexity index is 634. The summed E-state index contributed by atoms with van der Waals surface area (Å²) in [6, 6.07) is 5.44. The molecule has 0 saturated carbocycles. The van der Waals surface area contributed by atoms with E-state index in [0.29, 0.717) is 31.4 Å². The lowest BCUT2D eigenvalue weighted by Gasteiger charge is -2.29. The van der Waals surface area contributed by atoms with Gasteiger partial charge in [0.05, 0.1) is 32.1 Å². The number of nitrogens with zero attached hydrogens (tertiary/aromatic N) is 3. The van der Waals surface area contributed by atoms with Crippen LogP contribution in [0.1, 0.15) is 18.9 Å². The second-order valence-electron chi connectivity index (χ2n) is 7.11. The van der Waals surface area contributed by atoms with Gasteiger partial charge in [0.25, 0.3) is 0 Å². The summed E-state index contributed by atoms with van der Waals surface area (Å²) in [5, 5.41) is 3.35. The Morgan fingerprint density at radius 1 is 1.33 bits per heavy atom. The minimum atomic E-state index is -0.184. The molecule has 27 heavy (non-hydrogen) atoms. The highest BCUT2D eigenvalue weighted by atomic mass is 19.1. The summed E-state index contributed by atoms with van der Waals surface area (Å²) in [4.78, 5) is 9.04. The molecule has 2 saturated heterocycles. The Morgan fingerprint density at radius 2 is 2.15 bits per heavy atom. The maximum Gasteiger partial charge on any atom is 0.194 e. The van der Waals surface area contributed by atoms with Crippen molar-refractivity contribution in [3.63, 3.8) is 0 Å². The van der Waals surface area contributed by atoms with Crippen LogP contribution in [0.5, 0.6) is 0 Å². The van der Waals surface area contributed by atoms with Crippen LogP contribution in [0.15, 0.2) is 23.2 Å². The molecule has 1 aromatic carbocycles. The molecular weight excluding hydrogens is 347 g/mol. The minimum Gasteiger partial charge on any atom is -0.384 e. The lowest BCUT2D eigenvalue weighted by Crippen LogP contribution is -2.40. The second kappa shape index (κ2) is 9.90. The molecule has 1 atom stereocenters. The molecule has 1 aromatic rings. The van der Waals surface area contributed by atoms with Crippen LogP contribution in [0.4, 0.5) is 10.1 Å². The first-order valence-electron chi connectivity index (χ1n) is 9.84. The smallest absolute Gasteiger partial charge is 0.194 e. The molecule has 1 unspecified atom stereocenters. The van der Waals surface area contributed by atoms with Crippen LogP contribution in [0.25, 0.3) is 0 Å². The van der Waals surface area contributed by atoms with E-state index in [2.05, 4.69) is 17.1 Å². The van der Waals surface area contributed by atoms with E-state index in [1.165, 1.54) is 0 Å². The van der Waals surface area contributed by atoms with E-state index in [1.807, 2.05) is 17.0 Å². The van der Waals surface area contributed by atoms with Crippen molar-refractivity contribution in [1.29, 1.82) is 0 Å². The van der Waals surface area contributed by atoms with Crippen molar-refractivity contribution in [2.45, 2.75) is 19.9 Å². The average Bonchev–Trinajstić information content (AvgIpc) is 3.15. The lowest BCUT2D eigenvalue weighted by molar-refractivity contribution is 0.122. The van der Waals surface area contributed by atoms with Crippen LogP contribution in [0, 0.1) is 11.7 Å². The summed E-state index contributed by atoms with van der Waals surface area (Å²) >= 11 is 0.